The van der Waals surface area contributed by atoms with Gasteiger partial charge in [-0.3, -0.25) is 4.79 Å². The van der Waals surface area contributed by atoms with Crippen LogP contribution in [0.3, 0.4) is 0 Å². The number of anilines is 2. The summed E-state index contributed by atoms with van der Waals surface area (Å²) in [5.74, 6) is -0.0449. The third kappa shape index (κ3) is 4.76. The number of aromatic amines is 1. The second kappa shape index (κ2) is 9.27. The molecule has 2 atom stereocenters. The van der Waals surface area contributed by atoms with E-state index in [1.807, 2.05) is 18.7 Å². The zero-order chi connectivity index (χ0) is 25.4. The Morgan fingerprint density at radius 2 is 1.83 bits per heavy atom. The van der Waals surface area contributed by atoms with Crippen molar-refractivity contribution < 1.29 is 18.0 Å². The van der Waals surface area contributed by atoms with Gasteiger partial charge in [0, 0.05) is 42.6 Å². The molecule has 186 valence electrons. The van der Waals surface area contributed by atoms with E-state index >= 15 is 0 Å². The molecule has 0 unspecified atom stereocenters. The van der Waals surface area contributed by atoms with Crippen molar-refractivity contribution in [1.82, 2.24) is 20.3 Å². The summed E-state index contributed by atoms with van der Waals surface area (Å²) in [6.07, 6.45) is -3.04. The van der Waals surface area contributed by atoms with E-state index in [9.17, 15) is 18.0 Å². The molecule has 0 bridgehead atoms. The second-order valence-corrected chi connectivity index (χ2v) is 9.06. The first-order valence-corrected chi connectivity index (χ1v) is 11.6. The number of benzene rings is 2. The Hall–Kier alpha value is -3.92. The standard InChI is InChI=1S/C26H25F3N6O/c1-15-13-35(14-16(2)31-15)17-9-10-18(20(12-17)26(27,28)29)24-32-21-7-5-6-19(23(21)34-24)25(36)33-22-8-3-4-11-30-22/h3-12,15-16,31H,13-14H2,1-2H3,(H,32,34)(H,30,33,36)/t15-,16+. The van der Waals surface area contributed by atoms with Crippen molar-refractivity contribution in [2.45, 2.75) is 32.1 Å². The minimum Gasteiger partial charge on any atom is -0.368 e. The maximum atomic E-state index is 14.2. The molecule has 1 amide bonds. The van der Waals surface area contributed by atoms with Crippen LogP contribution in [-0.2, 0) is 6.18 Å². The summed E-state index contributed by atoms with van der Waals surface area (Å²) in [6, 6.07) is 14.6. The van der Waals surface area contributed by atoms with Gasteiger partial charge in [0.1, 0.15) is 17.2 Å². The van der Waals surface area contributed by atoms with Crippen molar-refractivity contribution in [3.8, 4) is 11.4 Å². The number of hydrogen-bond acceptors (Lipinski definition) is 5. The molecule has 4 aromatic rings. The van der Waals surface area contributed by atoms with Crippen LogP contribution in [0.15, 0.2) is 60.8 Å². The Kier molecular flexibility index (Phi) is 6.13. The number of alkyl halides is 3. The monoisotopic (exact) mass is 494 g/mol. The van der Waals surface area contributed by atoms with Crippen molar-refractivity contribution in [2.75, 3.05) is 23.3 Å². The fourth-order valence-electron chi connectivity index (χ4n) is 4.67. The van der Waals surface area contributed by atoms with Gasteiger partial charge in [0.25, 0.3) is 5.91 Å². The number of amides is 1. The number of carbonyl (C=O) groups excluding carboxylic acids is 1. The molecule has 7 nitrogen and oxygen atoms in total. The van der Waals surface area contributed by atoms with Gasteiger partial charge in [-0.15, -0.1) is 0 Å². The number of piperazine rings is 1. The van der Waals surface area contributed by atoms with E-state index in [1.54, 1.807) is 48.7 Å². The molecule has 10 heteroatoms. The number of hydrogen-bond donors (Lipinski definition) is 3. The normalized spacial score (nSPS) is 18.4. The summed E-state index contributed by atoms with van der Waals surface area (Å²) >= 11 is 0. The van der Waals surface area contributed by atoms with E-state index in [4.69, 9.17) is 0 Å². The van der Waals surface area contributed by atoms with Gasteiger partial charge in [-0.05, 0) is 56.3 Å². The zero-order valence-electron chi connectivity index (χ0n) is 19.7. The lowest BCUT2D eigenvalue weighted by atomic mass is 10.0. The van der Waals surface area contributed by atoms with E-state index in [1.165, 1.54) is 12.1 Å². The summed E-state index contributed by atoms with van der Waals surface area (Å²) in [5, 5.41) is 6.08. The van der Waals surface area contributed by atoms with Crippen LogP contribution in [0.5, 0.6) is 0 Å². The number of pyridine rings is 1. The van der Waals surface area contributed by atoms with E-state index in [0.717, 1.165) is 0 Å². The largest absolute Gasteiger partial charge is 0.417 e. The maximum absolute atomic E-state index is 14.2. The Labute approximate surface area is 205 Å². The lowest BCUT2D eigenvalue weighted by Crippen LogP contribution is -2.54. The Morgan fingerprint density at radius 1 is 1.06 bits per heavy atom. The number of imidazole rings is 1. The molecule has 0 saturated carbocycles. The van der Waals surface area contributed by atoms with Gasteiger partial charge in [-0.25, -0.2) is 9.97 Å². The Balaban J connectivity index is 1.53. The molecule has 3 heterocycles. The third-order valence-electron chi connectivity index (χ3n) is 6.15. The summed E-state index contributed by atoms with van der Waals surface area (Å²) in [7, 11) is 0. The van der Waals surface area contributed by atoms with E-state index in [2.05, 4.69) is 25.6 Å². The summed E-state index contributed by atoms with van der Waals surface area (Å²) in [6.45, 7) is 5.25. The highest BCUT2D eigenvalue weighted by atomic mass is 19.4. The van der Waals surface area contributed by atoms with Crippen LogP contribution in [-0.4, -0.2) is 46.0 Å². The minimum atomic E-state index is -4.59. The molecule has 0 radical (unpaired) electrons. The highest BCUT2D eigenvalue weighted by Crippen LogP contribution is 2.39. The van der Waals surface area contributed by atoms with Gasteiger partial charge in [0.05, 0.1) is 16.6 Å². The van der Waals surface area contributed by atoms with Gasteiger partial charge in [0.2, 0.25) is 0 Å². The van der Waals surface area contributed by atoms with Gasteiger partial charge < -0.3 is 20.5 Å². The maximum Gasteiger partial charge on any atom is 0.417 e. The third-order valence-corrected chi connectivity index (χ3v) is 6.15. The van der Waals surface area contributed by atoms with E-state index < -0.39 is 17.6 Å². The highest BCUT2D eigenvalue weighted by Gasteiger charge is 2.36. The van der Waals surface area contributed by atoms with Crippen LogP contribution in [0.2, 0.25) is 0 Å². The fraction of sp³-hybridized carbons (Fsp3) is 0.269. The van der Waals surface area contributed by atoms with Crippen LogP contribution in [0.4, 0.5) is 24.7 Å². The van der Waals surface area contributed by atoms with Gasteiger partial charge in [-0.2, -0.15) is 13.2 Å². The van der Waals surface area contributed by atoms with Gasteiger partial charge in [0.15, 0.2) is 0 Å². The van der Waals surface area contributed by atoms with Crippen molar-refractivity contribution in [3.05, 3.63) is 71.9 Å². The van der Waals surface area contributed by atoms with Crippen molar-refractivity contribution >= 4 is 28.4 Å². The van der Waals surface area contributed by atoms with Gasteiger partial charge >= 0.3 is 6.18 Å². The molecule has 1 aliphatic rings. The minimum absolute atomic E-state index is 0.0454. The van der Waals surface area contributed by atoms with Gasteiger partial charge in [-0.1, -0.05) is 12.1 Å². The number of para-hydroxylation sites is 1. The fourth-order valence-corrected chi connectivity index (χ4v) is 4.67. The molecule has 5 rings (SSSR count). The molecule has 3 N–H and O–H groups in total. The topological polar surface area (TPSA) is 85.9 Å². The van der Waals surface area contributed by atoms with E-state index in [0.29, 0.717) is 30.1 Å². The lowest BCUT2D eigenvalue weighted by Gasteiger charge is -2.38. The number of rotatable bonds is 4. The van der Waals surface area contributed by atoms with Crippen molar-refractivity contribution in [3.63, 3.8) is 0 Å². The molecular formula is C26H25F3N6O. The first kappa shape index (κ1) is 23.8. The predicted molar refractivity (Wildman–Crippen MR) is 133 cm³/mol. The number of halogens is 3. The first-order valence-electron chi connectivity index (χ1n) is 11.6. The number of carbonyl (C=O) groups is 1. The molecular weight excluding hydrogens is 469 g/mol. The summed E-state index contributed by atoms with van der Waals surface area (Å²) in [5.41, 5.74) is 0.628. The molecule has 0 spiro atoms. The Morgan fingerprint density at radius 3 is 2.53 bits per heavy atom. The number of H-pyrrole nitrogens is 1. The molecule has 1 aliphatic heterocycles. The smallest absolute Gasteiger partial charge is 0.368 e. The molecule has 0 aliphatic carbocycles. The highest BCUT2D eigenvalue weighted by molar-refractivity contribution is 6.11. The molecule has 1 fully saturated rings. The van der Waals surface area contributed by atoms with E-state index in [-0.39, 0.29) is 34.6 Å². The summed E-state index contributed by atoms with van der Waals surface area (Å²) in [4.78, 5) is 26.3. The van der Waals surface area contributed by atoms with Crippen molar-refractivity contribution in [1.29, 1.82) is 0 Å². The molecule has 2 aromatic heterocycles. The lowest BCUT2D eigenvalue weighted by molar-refractivity contribution is -0.137. The first-order chi connectivity index (χ1) is 17.2. The second-order valence-electron chi connectivity index (χ2n) is 9.06. The predicted octanol–water partition coefficient (Wildman–Crippen LogP) is 5.08. The zero-order valence-corrected chi connectivity index (χ0v) is 19.7. The summed E-state index contributed by atoms with van der Waals surface area (Å²) < 4.78 is 42.6. The quantitative estimate of drug-likeness (QED) is 0.368. The van der Waals surface area contributed by atoms with Crippen LogP contribution >= 0.6 is 0 Å². The van der Waals surface area contributed by atoms with Crippen LogP contribution in [0.1, 0.15) is 29.8 Å². The van der Waals surface area contributed by atoms with Crippen LogP contribution < -0.4 is 15.5 Å². The number of nitrogens with zero attached hydrogens (tertiary/aromatic N) is 3. The number of aromatic nitrogens is 3. The average Bonchev–Trinajstić information content (AvgIpc) is 3.27. The van der Waals surface area contributed by atoms with Crippen molar-refractivity contribution in [2.24, 2.45) is 0 Å². The molecule has 36 heavy (non-hydrogen) atoms. The molecule has 2 aromatic carbocycles. The number of fused-ring (bicyclic) bond motifs is 1. The van der Waals surface area contributed by atoms with Crippen LogP contribution in [0, 0.1) is 0 Å². The average molecular weight is 495 g/mol. The SMILES string of the molecule is C[C@@H]1CN(c2ccc(-c3nc4c(C(=O)Nc5ccccn5)cccc4[nH]3)c(C(F)(F)F)c2)C[C@H](C)N1. The van der Waals surface area contributed by atoms with Crippen LogP contribution in [0.25, 0.3) is 22.4 Å². The Bertz CT molecular complexity index is 1390. The number of nitrogens with one attached hydrogen (secondary N) is 3. The molecule has 1 saturated heterocycles.